The molecule has 3 rings (SSSR count). The number of hydrogen-bond acceptors (Lipinski definition) is 4. The average molecular weight is 317 g/mol. The van der Waals surface area contributed by atoms with E-state index in [1.54, 1.807) is 42.5 Å². The first kappa shape index (κ1) is 14.4. The summed E-state index contributed by atoms with van der Waals surface area (Å²) in [6.45, 7) is 0. The zero-order valence-corrected chi connectivity index (χ0v) is 12.3. The second kappa shape index (κ2) is 6.07. The van der Waals surface area contributed by atoms with Crippen LogP contribution in [0.4, 0.5) is 11.4 Å². The fraction of sp³-hybridized carbons (Fsp3) is 0.125. The molecule has 0 aromatic heterocycles. The van der Waals surface area contributed by atoms with E-state index in [0.717, 1.165) is 0 Å². The number of amides is 1. The second-order valence-electron chi connectivity index (χ2n) is 4.87. The molecule has 0 fully saturated rings. The van der Waals surface area contributed by atoms with Gasteiger partial charge in [-0.2, -0.15) is 0 Å². The van der Waals surface area contributed by atoms with Crippen LogP contribution in [0.15, 0.2) is 48.5 Å². The summed E-state index contributed by atoms with van der Waals surface area (Å²) in [7, 11) is 0. The van der Waals surface area contributed by atoms with E-state index in [1.165, 1.54) is 0 Å². The summed E-state index contributed by atoms with van der Waals surface area (Å²) < 4.78 is 5.21. The van der Waals surface area contributed by atoms with Crippen molar-refractivity contribution in [1.82, 2.24) is 0 Å². The highest BCUT2D eigenvalue weighted by Gasteiger charge is 2.29. The third-order valence-corrected chi connectivity index (χ3v) is 3.48. The third-order valence-electron chi connectivity index (χ3n) is 3.23. The highest BCUT2D eigenvalue weighted by Crippen LogP contribution is 2.29. The van der Waals surface area contributed by atoms with E-state index in [4.69, 9.17) is 16.3 Å². The van der Waals surface area contributed by atoms with E-state index in [2.05, 4.69) is 10.6 Å². The number of benzene rings is 2. The number of rotatable bonds is 3. The van der Waals surface area contributed by atoms with Crippen molar-refractivity contribution in [1.29, 1.82) is 0 Å². The van der Waals surface area contributed by atoms with Gasteiger partial charge in [0.15, 0.2) is 5.75 Å². The monoisotopic (exact) mass is 316 g/mol. The number of carbonyl (C=O) groups excluding carboxylic acids is 2. The summed E-state index contributed by atoms with van der Waals surface area (Å²) >= 11 is 5.79. The molecule has 2 aromatic rings. The largest absolute Gasteiger partial charge is 0.423 e. The Hall–Kier alpha value is -2.53. The standard InChI is InChI=1S/C16H13ClN2O3/c17-10-5-7-11(8-6-10)18-15(20)9-13-16(21)22-14-4-2-1-3-12(14)19-13/h1-8,13,19H,9H2,(H,18,20). The van der Waals surface area contributed by atoms with Crippen molar-refractivity contribution in [3.63, 3.8) is 0 Å². The van der Waals surface area contributed by atoms with Crippen molar-refractivity contribution >= 4 is 34.9 Å². The van der Waals surface area contributed by atoms with Crippen molar-refractivity contribution in [2.24, 2.45) is 0 Å². The lowest BCUT2D eigenvalue weighted by atomic mass is 10.1. The molecule has 5 nitrogen and oxygen atoms in total. The quantitative estimate of drug-likeness (QED) is 0.674. The number of hydrogen-bond donors (Lipinski definition) is 2. The molecule has 1 aliphatic heterocycles. The van der Waals surface area contributed by atoms with E-state index in [1.807, 2.05) is 6.07 Å². The average Bonchev–Trinajstić information content (AvgIpc) is 2.50. The van der Waals surface area contributed by atoms with Gasteiger partial charge in [0, 0.05) is 10.7 Å². The van der Waals surface area contributed by atoms with Gasteiger partial charge in [-0.15, -0.1) is 0 Å². The first-order valence-corrected chi connectivity index (χ1v) is 7.12. The van der Waals surface area contributed by atoms with E-state index >= 15 is 0 Å². The molecule has 2 N–H and O–H groups in total. The zero-order valence-electron chi connectivity index (χ0n) is 11.5. The van der Waals surface area contributed by atoms with E-state index in [0.29, 0.717) is 22.1 Å². The number of esters is 1. The Morgan fingerprint density at radius 2 is 1.91 bits per heavy atom. The highest BCUT2D eigenvalue weighted by molar-refractivity contribution is 6.30. The van der Waals surface area contributed by atoms with Gasteiger partial charge in [0.2, 0.25) is 5.91 Å². The van der Waals surface area contributed by atoms with E-state index < -0.39 is 12.0 Å². The lowest BCUT2D eigenvalue weighted by Gasteiger charge is -2.24. The summed E-state index contributed by atoms with van der Waals surface area (Å²) in [5.41, 5.74) is 1.32. The summed E-state index contributed by atoms with van der Waals surface area (Å²) in [5.74, 6) is -0.275. The Labute approximate surface area is 132 Å². The maximum Gasteiger partial charge on any atom is 0.334 e. The maximum atomic E-state index is 12.0. The van der Waals surface area contributed by atoms with Gasteiger partial charge in [-0.05, 0) is 36.4 Å². The lowest BCUT2D eigenvalue weighted by molar-refractivity contribution is -0.137. The predicted octanol–water partition coefficient (Wildman–Crippen LogP) is 3.07. The molecule has 1 aliphatic rings. The fourth-order valence-electron chi connectivity index (χ4n) is 2.17. The number of halogens is 1. The van der Waals surface area contributed by atoms with Crippen molar-refractivity contribution in [2.75, 3.05) is 10.6 Å². The van der Waals surface area contributed by atoms with E-state index in [9.17, 15) is 9.59 Å². The molecule has 1 unspecified atom stereocenters. The van der Waals surface area contributed by atoms with Crippen molar-refractivity contribution in [3.05, 3.63) is 53.6 Å². The van der Waals surface area contributed by atoms with Gasteiger partial charge in [-0.3, -0.25) is 4.79 Å². The Kier molecular flexibility index (Phi) is 3.98. The van der Waals surface area contributed by atoms with Crippen LogP contribution in [0.2, 0.25) is 5.02 Å². The SMILES string of the molecule is O=C(CC1Nc2ccccc2OC1=O)Nc1ccc(Cl)cc1. The maximum absolute atomic E-state index is 12.0. The Balaban J connectivity index is 1.64. The summed E-state index contributed by atoms with van der Waals surface area (Å²) in [6, 6.07) is 13.2. The van der Waals surface area contributed by atoms with Gasteiger partial charge in [-0.1, -0.05) is 23.7 Å². The smallest absolute Gasteiger partial charge is 0.334 e. The number of fused-ring (bicyclic) bond motifs is 1. The first-order chi connectivity index (χ1) is 10.6. The Bertz CT molecular complexity index is 716. The molecule has 112 valence electrons. The van der Waals surface area contributed by atoms with Crippen LogP contribution in [0.25, 0.3) is 0 Å². The topological polar surface area (TPSA) is 67.4 Å². The van der Waals surface area contributed by atoms with Crippen molar-refractivity contribution in [2.45, 2.75) is 12.5 Å². The predicted molar refractivity (Wildman–Crippen MR) is 84.2 cm³/mol. The normalized spacial score (nSPS) is 16.2. The number of ether oxygens (including phenoxy) is 1. The molecule has 0 spiro atoms. The van der Waals surface area contributed by atoms with Gasteiger partial charge in [0.05, 0.1) is 12.1 Å². The molecular formula is C16H13ClN2O3. The number of carbonyl (C=O) groups is 2. The van der Waals surface area contributed by atoms with Crippen LogP contribution in [0.3, 0.4) is 0 Å². The first-order valence-electron chi connectivity index (χ1n) is 6.74. The molecule has 0 bridgehead atoms. The third kappa shape index (κ3) is 3.20. The van der Waals surface area contributed by atoms with Gasteiger partial charge in [-0.25, -0.2) is 4.79 Å². The molecule has 1 heterocycles. The Morgan fingerprint density at radius 3 is 2.68 bits per heavy atom. The molecule has 2 aromatic carbocycles. The highest BCUT2D eigenvalue weighted by atomic mass is 35.5. The molecule has 0 saturated carbocycles. The minimum absolute atomic E-state index is 0.0181. The van der Waals surface area contributed by atoms with Crippen molar-refractivity contribution < 1.29 is 14.3 Å². The second-order valence-corrected chi connectivity index (χ2v) is 5.31. The Morgan fingerprint density at radius 1 is 1.18 bits per heavy atom. The minimum Gasteiger partial charge on any atom is -0.423 e. The molecular weight excluding hydrogens is 304 g/mol. The lowest BCUT2D eigenvalue weighted by Crippen LogP contribution is -2.39. The van der Waals surface area contributed by atoms with Crippen LogP contribution in [0.5, 0.6) is 5.75 Å². The summed E-state index contributed by atoms with van der Waals surface area (Å²) in [6.07, 6.45) is -0.0181. The molecule has 0 aliphatic carbocycles. The van der Waals surface area contributed by atoms with Crippen LogP contribution in [0, 0.1) is 0 Å². The van der Waals surface area contributed by atoms with E-state index in [-0.39, 0.29) is 12.3 Å². The minimum atomic E-state index is -0.706. The number of nitrogens with one attached hydrogen (secondary N) is 2. The summed E-state index contributed by atoms with van der Waals surface area (Å²) in [5, 5.41) is 6.32. The van der Waals surface area contributed by atoms with Crippen LogP contribution in [-0.4, -0.2) is 17.9 Å². The van der Waals surface area contributed by atoms with Crippen LogP contribution in [0.1, 0.15) is 6.42 Å². The van der Waals surface area contributed by atoms with Crippen molar-refractivity contribution in [3.8, 4) is 5.75 Å². The van der Waals surface area contributed by atoms with Crippen LogP contribution >= 0.6 is 11.6 Å². The fourth-order valence-corrected chi connectivity index (χ4v) is 2.29. The molecule has 1 atom stereocenters. The molecule has 0 saturated heterocycles. The number of anilines is 2. The van der Waals surface area contributed by atoms with Gasteiger partial charge >= 0.3 is 5.97 Å². The van der Waals surface area contributed by atoms with Gasteiger partial charge in [0.1, 0.15) is 6.04 Å². The van der Waals surface area contributed by atoms with Crippen LogP contribution < -0.4 is 15.4 Å². The summed E-state index contributed by atoms with van der Waals surface area (Å²) in [4.78, 5) is 23.9. The number of para-hydroxylation sites is 2. The van der Waals surface area contributed by atoms with Crippen LogP contribution in [-0.2, 0) is 9.59 Å². The zero-order chi connectivity index (χ0) is 15.5. The van der Waals surface area contributed by atoms with Gasteiger partial charge < -0.3 is 15.4 Å². The molecule has 0 radical (unpaired) electrons. The molecule has 6 heteroatoms. The molecule has 22 heavy (non-hydrogen) atoms. The molecule has 1 amide bonds. The van der Waals surface area contributed by atoms with Gasteiger partial charge in [0.25, 0.3) is 0 Å².